The first-order valence-corrected chi connectivity index (χ1v) is 11.3. The molecule has 174 valence electrons. The number of carboxylic acids is 2. The minimum atomic E-state index is -1.37. The van der Waals surface area contributed by atoms with Crippen LogP contribution in [0.25, 0.3) is 11.6 Å². The first kappa shape index (κ1) is 31.5. The largest absolute Gasteiger partial charge is 1.00 e. The summed E-state index contributed by atoms with van der Waals surface area (Å²) in [6.45, 7) is 1.23. The van der Waals surface area contributed by atoms with Crippen LogP contribution in [0.5, 0.6) is 11.5 Å². The van der Waals surface area contributed by atoms with E-state index >= 15 is 0 Å². The maximum Gasteiger partial charge on any atom is 1.00 e. The van der Waals surface area contributed by atoms with Crippen molar-refractivity contribution in [2.75, 3.05) is 32.2 Å². The number of ether oxygens (including phenoxy) is 2. The van der Waals surface area contributed by atoms with Gasteiger partial charge < -0.3 is 34.2 Å². The number of rotatable bonds is 9. The van der Waals surface area contributed by atoms with Gasteiger partial charge in [0.1, 0.15) is 0 Å². The monoisotopic (exact) mass is 514 g/mol. The number of hydrogen-bond donors (Lipinski definition) is 0. The number of methoxy groups -OCH3 is 2. The van der Waals surface area contributed by atoms with Gasteiger partial charge in [-0.1, -0.05) is 0 Å². The van der Waals surface area contributed by atoms with Gasteiger partial charge in [0.25, 0.3) is 0 Å². The molecule has 1 atom stereocenters. The second-order valence-corrected chi connectivity index (χ2v) is 8.84. The standard InChI is InChI=1S/C24H26N2O6S.2Na/c1-31-20-5-3-16(12-21(20)32-2)17(14-25)11-18-4-6-22(33-18)26-9-7-15(8-10-26)19(24(29)30)13-23(27)28;;/h3-6,11-12,15,19H,7-10,13H2,1-2H3,(H,27,28)(H,29,30);;/q;2*+1/p-2/b17-11+;;. The summed E-state index contributed by atoms with van der Waals surface area (Å²) in [7, 11) is 3.09. The predicted molar refractivity (Wildman–Crippen MR) is 120 cm³/mol. The summed E-state index contributed by atoms with van der Waals surface area (Å²) in [5.41, 5.74) is 1.20. The molecule has 35 heavy (non-hydrogen) atoms. The van der Waals surface area contributed by atoms with Gasteiger partial charge in [-0.05, 0) is 67.2 Å². The zero-order valence-corrected chi connectivity index (χ0v) is 25.2. The molecule has 3 rings (SSSR count). The van der Waals surface area contributed by atoms with Crippen molar-refractivity contribution in [2.24, 2.45) is 11.8 Å². The van der Waals surface area contributed by atoms with Crippen LogP contribution in [0.4, 0.5) is 5.00 Å². The third-order valence-corrected chi connectivity index (χ3v) is 6.92. The first-order chi connectivity index (χ1) is 15.9. The molecule has 2 aromatic rings. The van der Waals surface area contributed by atoms with Crippen LogP contribution in [0, 0.1) is 23.2 Å². The molecule has 0 spiro atoms. The number of nitrogens with zero attached hydrogens (tertiary/aromatic N) is 2. The predicted octanol–water partition coefficient (Wildman–Crippen LogP) is -4.44. The number of piperidine rings is 1. The van der Waals surface area contributed by atoms with Gasteiger partial charge in [-0.3, -0.25) is 0 Å². The second kappa shape index (κ2) is 14.9. The molecular formula is C24H24N2Na2O6S. The molecule has 1 unspecified atom stereocenters. The van der Waals surface area contributed by atoms with Crippen LogP contribution in [0.15, 0.2) is 30.3 Å². The summed E-state index contributed by atoms with van der Waals surface area (Å²) in [5.74, 6) is -2.86. The maximum absolute atomic E-state index is 11.4. The van der Waals surface area contributed by atoms with Crippen LogP contribution in [-0.2, 0) is 9.59 Å². The molecule has 1 aliphatic rings. The van der Waals surface area contributed by atoms with E-state index in [0.717, 1.165) is 9.88 Å². The fourth-order valence-corrected chi connectivity index (χ4v) is 5.06. The number of benzene rings is 1. The van der Waals surface area contributed by atoms with Gasteiger partial charge in [0.05, 0.1) is 30.9 Å². The smallest absolute Gasteiger partial charge is 0.550 e. The van der Waals surface area contributed by atoms with Crippen LogP contribution in [0.2, 0.25) is 0 Å². The molecule has 8 nitrogen and oxygen atoms in total. The summed E-state index contributed by atoms with van der Waals surface area (Å²) in [4.78, 5) is 25.3. The average Bonchev–Trinajstić information content (AvgIpc) is 3.29. The molecule has 11 heteroatoms. The Hall–Kier alpha value is -1.51. The van der Waals surface area contributed by atoms with Crippen molar-refractivity contribution >= 4 is 39.9 Å². The van der Waals surface area contributed by atoms with Crippen LogP contribution in [-0.4, -0.2) is 39.2 Å². The van der Waals surface area contributed by atoms with E-state index in [9.17, 15) is 25.1 Å². The molecule has 0 radical (unpaired) electrons. The minimum absolute atomic E-state index is 0. The zero-order valence-electron chi connectivity index (χ0n) is 20.4. The van der Waals surface area contributed by atoms with Crippen molar-refractivity contribution in [1.82, 2.24) is 0 Å². The Kier molecular flexibility index (Phi) is 13.4. The molecule has 1 aliphatic heterocycles. The average molecular weight is 515 g/mol. The van der Waals surface area contributed by atoms with E-state index in [1.807, 2.05) is 18.2 Å². The van der Waals surface area contributed by atoms with E-state index < -0.39 is 24.3 Å². The Morgan fingerprint density at radius 2 is 1.80 bits per heavy atom. The molecule has 1 aromatic carbocycles. The summed E-state index contributed by atoms with van der Waals surface area (Å²) >= 11 is 1.53. The summed E-state index contributed by atoms with van der Waals surface area (Å²) < 4.78 is 10.6. The normalized spacial score (nSPS) is 14.7. The number of hydrogen-bond acceptors (Lipinski definition) is 9. The van der Waals surface area contributed by atoms with E-state index in [1.54, 1.807) is 32.4 Å². The maximum atomic E-state index is 11.4. The Morgan fingerprint density at radius 1 is 1.14 bits per heavy atom. The number of carbonyl (C=O) groups excluding carboxylic acids is 2. The van der Waals surface area contributed by atoms with Gasteiger partial charge >= 0.3 is 59.1 Å². The quantitative estimate of drug-likeness (QED) is 0.243. The van der Waals surface area contributed by atoms with Gasteiger partial charge in [-0.15, -0.1) is 11.3 Å². The number of carbonyl (C=O) groups is 2. The van der Waals surface area contributed by atoms with Crippen LogP contribution < -0.4 is 83.7 Å². The van der Waals surface area contributed by atoms with Crippen molar-refractivity contribution < 1.29 is 88.4 Å². The molecule has 1 saturated heterocycles. The Labute approximate surface area is 253 Å². The Balaban J connectivity index is 0.00000306. The third kappa shape index (κ3) is 8.25. The zero-order chi connectivity index (χ0) is 24.0. The van der Waals surface area contributed by atoms with E-state index in [0.29, 0.717) is 48.6 Å². The van der Waals surface area contributed by atoms with Gasteiger partial charge in [0, 0.05) is 35.8 Å². The molecule has 2 heterocycles. The third-order valence-electron chi connectivity index (χ3n) is 5.82. The SMILES string of the molecule is COc1ccc(/C(C#N)=C/c2ccc(N3CCC(C(CC(=O)[O-])C(=O)[O-])CC3)s2)cc1OC.[Na+].[Na+]. The van der Waals surface area contributed by atoms with Crippen molar-refractivity contribution in [2.45, 2.75) is 19.3 Å². The van der Waals surface area contributed by atoms with Crippen LogP contribution in [0.1, 0.15) is 29.7 Å². The number of nitriles is 1. The van der Waals surface area contributed by atoms with Crippen molar-refractivity contribution in [3.05, 3.63) is 40.8 Å². The number of anilines is 1. The van der Waals surface area contributed by atoms with Crippen LogP contribution in [0.3, 0.4) is 0 Å². The molecule has 0 saturated carbocycles. The van der Waals surface area contributed by atoms with Crippen molar-refractivity contribution in [3.8, 4) is 17.6 Å². The summed E-state index contributed by atoms with van der Waals surface area (Å²) in [6, 6.07) is 11.4. The van der Waals surface area contributed by atoms with E-state index in [2.05, 4.69) is 11.0 Å². The molecular weight excluding hydrogens is 490 g/mol. The van der Waals surface area contributed by atoms with Gasteiger partial charge in [0.15, 0.2) is 11.5 Å². The van der Waals surface area contributed by atoms with Crippen molar-refractivity contribution in [3.63, 3.8) is 0 Å². The molecule has 0 N–H and O–H groups in total. The summed E-state index contributed by atoms with van der Waals surface area (Å²) in [6.07, 6.45) is 2.41. The molecule has 0 aliphatic carbocycles. The topological polar surface area (TPSA) is 126 Å². The fourth-order valence-electron chi connectivity index (χ4n) is 4.06. The fraction of sp³-hybridized carbons (Fsp3) is 0.375. The Bertz CT molecular complexity index is 1090. The summed E-state index contributed by atoms with van der Waals surface area (Å²) in [5, 5.41) is 32.9. The molecule has 0 amide bonds. The molecule has 0 bridgehead atoms. The van der Waals surface area contributed by atoms with Gasteiger partial charge in [-0.25, -0.2) is 0 Å². The first-order valence-electron chi connectivity index (χ1n) is 10.5. The van der Waals surface area contributed by atoms with E-state index in [4.69, 9.17) is 9.47 Å². The minimum Gasteiger partial charge on any atom is -0.550 e. The van der Waals surface area contributed by atoms with Gasteiger partial charge in [-0.2, -0.15) is 5.26 Å². The molecule has 1 fully saturated rings. The second-order valence-electron chi connectivity index (χ2n) is 7.74. The number of aliphatic carboxylic acids is 2. The van der Waals surface area contributed by atoms with E-state index in [-0.39, 0.29) is 65.0 Å². The van der Waals surface area contributed by atoms with Crippen molar-refractivity contribution in [1.29, 1.82) is 5.26 Å². The Morgan fingerprint density at radius 3 is 2.34 bits per heavy atom. The van der Waals surface area contributed by atoms with Crippen LogP contribution >= 0.6 is 11.3 Å². The number of thiophene rings is 1. The van der Waals surface area contributed by atoms with Gasteiger partial charge in [0.2, 0.25) is 0 Å². The number of allylic oxidation sites excluding steroid dienone is 1. The van der Waals surface area contributed by atoms with E-state index in [1.165, 1.54) is 11.3 Å². The molecule has 1 aromatic heterocycles. The number of carboxylic acid groups (broad SMARTS) is 2.